The first-order chi connectivity index (χ1) is 11.5. The van der Waals surface area contributed by atoms with Crippen LogP contribution in [0.2, 0.25) is 0 Å². The van der Waals surface area contributed by atoms with Crippen LogP contribution in [-0.4, -0.2) is 23.9 Å². The van der Waals surface area contributed by atoms with Crippen molar-refractivity contribution >= 4 is 28.7 Å². The molecule has 124 valence electrons. The first-order valence-electron chi connectivity index (χ1n) is 7.82. The average molecular weight is 326 g/mol. The summed E-state index contributed by atoms with van der Waals surface area (Å²) in [5, 5.41) is 6.80. The molecule has 0 aromatic heterocycles. The maximum absolute atomic E-state index is 12.0. The molecule has 6 nitrogen and oxygen atoms in total. The van der Waals surface area contributed by atoms with Crippen molar-refractivity contribution in [2.24, 2.45) is 0 Å². The van der Waals surface area contributed by atoms with Crippen LogP contribution in [0, 0.1) is 0 Å². The number of hydrogen-bond donors (Lipinski definition) is 2. The number of carbonyl (C=O) groups excluding carboxylic acids is 3. The number of amides is 3. The SMILES string of the molecule is C[C@H](OC(=O)CC[C@@H]1NC(=O)NC1=O)c1ccc2ccccc2c1. The number of esters is 1. The predicted octanol–water partition coefficient (Wildman–Crippen LogP) is 2.43. The number of benzene rings is 2. The van der Waals surface area contributed by atoms with Crippen molar-refractivity contribution in [2.75, 3.05) is 0 Å². The summed E-state index contributed by atoms with van der Waals surface area (Å²) >= 11 is 0. The van der Waals surface area contributed by atoms with Gasteiger partial charge in [0, 0.05) is 6.42 Å². The number of rotatable bonds is 5. The van der Waals surface area contributed by atoms with Gasteiger partial charge < -0.3 is 10.1 Å². The number of hydrogen-bond acceptors (Lipinski definition) is 4. The second kappa shape index (κ2) is 6.70. The molecule has 3 amide bonds. The van der Waals surface area contributed by atoms with Crippen molar-refractivity contribution in [3.05, 3.63) is 48.0 Å². The fourth-order valence-electron chi connectivity index (χ4n) is 2.71. The molecule has 0 aliphatic carbocycles. The minimum absolute atomic E-state index is 0.0658. The highest BCUT2D eigenvalue weighted by Gasteiger charge is 2.29. The molecular weight excluding hydrogens is 308 g/mol. The number of urea groups is 1. The van der Waals surface area contributed by atoms with Gasteiger partial charge in [0.05, 0.1) is 0 Å². The van der Waals surface area contributed by atoms with Gasteiger partial charge in [-0.15, -0.1) is 0 Å². The third-order valence-corrected chi connectivity index (χ3v) is 4.05. The molecule has 0 saturated carbocycles. The van der Waals surface area contributed by atoms with Crippen LogP contribution in [0.3, 0.4) is 0 Å². The maximum Gasteiger partial charge on any atom is 0.322 e. The van der Waals surface area contributed by atoms with Gasteiger partial charge in [0.25, 0.3) is 5.91 Å². The Bertz CT molecular complexity index is 802. The molecule has 2 aromatic rings. The van der Waals surface area contributed by atoms with Crippen LogP contribution < -0.4 is 10.6 Å². The molecule has 6 heteroatoms. The minimum Gasteiger partial charge on any atom is -0.458 e. The molecule has 0 radical (unpaired) electrons. The molecule has 0 spiro atoms. The molecule has 2 N–H and O–H groups in total. The zero-order valence-electron chi connectivity index (χ0n) is 13.2. The zero-order chi connectivity index (χ0) is 17.1. The van der Waals surface area contributed by atoms with Crippen molar-refractivity contribution in [3.63, 3.8) is 0 Å². The number of imide groups is 1. The summed E-state index contributed by atoms with van der Waals surface area (Å²) in [6.07, 6.45) is -0.0916. The second-order valence-electron chi connectivity index (χ2n) is 5.79. The minimum atomic E-state index is -0.666. The van der Waals surface area contributed by atoms with E-state index in [1.54, 1.807) is 0 Å². The summed E-state index contributed by atoms with van der Waals surface area (Å²) in [5.41, 5.74) is 0.911. The molecule has 0 unspecified atom stereocenters. The third-order valence-electron chi connectivity index (χ3n) is 4.05. The lowest BCUT2D eigenvalue weighted by Crippen LogP contribution is -2.29. The first-order valence-corrected chi connectivity index (χ1v) is 7.82. The lowest BCUT2D eigenvalue weighted by atomic mass is 10.0. The van der Waals surface area contributed by atoms with Crippen LogP contribution in [0.4, 0.5) is 4.79 Å². The van der Waals surface area contributed by atoms with Crippen LogP contribution in [0.25, 0.3) is 10.8 Å². The van der Waals surface area contributed by atoms with Gasteiger partial charge in [0.2, 0.25) is 0 Å². The van der Waals surface area contributed by atoms with Crippen LogP contribution in [0.5, 0.6) is 0 Å². The molecule has 0 bridgehead atoms. The fourth-order valence-corrected chi connectivity index (χ4v) is 2.71. The quantitative estimate of drug-likeness (QED) is 0.653. The molecule has 24 heavy (non-hydrogen) atoms. The molecule has 1 aliphatic rings. The number of ether oxygens (including phenoxy) is 1. The number of carbonyl (C=O) groups is 3. The van der Waals surface area contributed by atoms with Crippen molar-refractivity contribution < 1.29 is 19.1 Å². The van der Waals surface area contributed by atoms with E-state index < -0.39 is 23.9 Å². The highest BCUT2D eigenvalue weighted by Crippen LogP contribution is 2.23. The average Bonchev–Trinajstić information content (AvgIpc) is 2.90. The summed E-state index contributed by atoms with van der Waals surface area (Å²) in [6.45, 7) is 1.81. The summed E-state index contributed by atoms with van der Waals surface area (Å²) in [5.74, 6) is -0.806. The molecule has 1 saturated heterocycles. The molecular formula is C18H18N2O4. The van der Waals surface area contributed by atoms with Gasteiger partial charge in [0.15, 0.2) is 0 Å². The standard InChI is InChI=1S/C18H18N2O4/c1-11(13-7-6-12-4-2-3-5-14(12)10-13)24-16(21)9-8-15-17(22)20-18(23)19-15/h2-7,10-11,15H,8-9H2,1H3,(H2,19,20,22,23)/t11-,15-/m0/s1. The molecule has 3 rings (SSSR count). The van der Waals surface area contributed by atoms with E-state index in [0.29, 0.717) is 0 Å². The van der Waals surface area contributed by atoms with Gasteiger partial charge >= 0.3 is 12.0 Å². The zero-order valence-corrected chi connectivity index (χ0v) is 13.2. The monoisotopic (exact) mass is 326 g/mol. The number of nitrogens with one attached hydrogen (secondary N) is 2. The van der Waals surface area contributed by atoms with Crippen molar-refractivity contribution in [1.29, 1.82) is 0 Å². The van der Waals surface area contributed by atoms with E-state index in [-0.39, 0.29) is 18.9 Å². The summed E-state index contributed by atoms with van der Waals surface area (Å²) in [4.78, 5) is 34.4. The lowest BCUT2D eigenvalue weighted by Gasteiger charge is -2.15. The van der Waals surface area contributed by atoms with E-state index in [1.807, 2.05) is 49.4 Å². The fraction of sp³-hybridized carbons (Fsp3) is 0.278. The third kappa shape index (κ3) is 3.53. The topological polar surface area (TPSA) is 84.5 Å². The van der Waals surface area contributed by atoms with E-state index in [9.17, 15) is 14.4 Å². The van der Waals surface area contributed by atoms with Crippen LogP contribution >= 0.6 is 0 Å². The van der Waals surface area contributed by atoms with Crippen LogP contribution in [0.15, 0.2) is 42.5 Å². The highest BCUT2D eigenvalue weighted by atomic mass is 16.5. The Balaban J connectivity index is 1.57. The lowest BCUT2D eigenvalue weighted by molar-refractivity contribution is -0.148. The normalized spacial score (nSPS) is 18.1. The second-order valence-corrected chi connectivity index (χ2v) is 5.79. The highest BCUT2D eigenvalue weighted by molar-refractivity contribution is 6.04. The predicted molar refractivity (Wildman–Crippen MR) is 88.2 cm³/mol. The molecule has 1 fully saturated rings. The molecule has 2 aromatic carbocycles. The van der Waals surface area contributed by atoms with Gasteiger partial charge in [-0.05, 0) is 35.7 Å². The molecule has 1 heterocycles. The van der Waals surface area contributed by atoms with Crippen molar-refractivity contribution in [3.8, 4) is 0 Å². The number of fused-ring (bicyclic) bond motifs is 1. The summed E-state index contributed by atoms with van der Waals surface area (Å²) < 4.78 is 5.42. The van der Waals surface area contributed by atoms with Crippen LogP contribution in [0.1, 0.15) is 31.4 Å². The van der Waals surface area contributed by atoms with E-state index in [4.69, 9.17) is 4.74 Å². The Morgan fingerprint density at radius 3 is 2.62 bits per heavy atom. The van der Waals surface area contributed by atoms with E-state index >= 15 is 0 Å². The maximum atomic E-state index is 12.0. The smallest absolute Gasteiger partial charge is 0.322 e. The Morgan fingerprint density at radius 2 is 1.92 bits per heavy atom. The van der Waals surface area contributed by atoms with Crippen LogP contribution in [-0.2, 0) is 14.3 Å². The van der Waals surface area contributed by atoms with Crippen molar-refractivity contribution in [2.45, 2.75) is 31.9 Å². The summed E-state index contributed by atoms with van der Waals surface area (Å²) in [7, 11) is 0. The Labute approximate surface area is 139 Å². The summed E-state index contributed by atoms with van der Waals surface area (Å²) in [6, 6.07) is 12.7. The van der Waals surface area contributed by atoms with Gasteiger partial charge in [-0.3, -0.25) is 14.9 Å². The van der Waals surface area contributed by atoms with E-state index in [1.165, 1.54) is 0 Å². The van der Waals surface area contributed by atoms with Gasteiger partial charge in [-0.2, -0.15) is 0 Å². The Kier molecular flexibility index (Phi) is 4.46. The molecule has 2 atom stereocenters. The van der Waals surface area contributed by atoms with E-state index in [2.05, 4.69) is 10.6 Å². The first kappa shape index (κ1) is 16.0. The largest absolute Gasteiger partial charge is 0.458 e. The van der Waals surface area contributed by atoms with Crippen molar-refractivity contribution in [1.82, 2.24) is 10.6 Å². The Morgan fingerprint density at radius 1 is 1.17 bits per heavy atom. The van der Waals surface area contributed by atoms with Gasteiger partial charge in [-0.25, -0.2) is 4.79 Å². The van der Waals surface area contributed by atoms with E-state index in [0.717, 1.165) is 16.3 Å². The van der Waals surface area contributed by atoms with Gasteiger partial charge in [0.1, 0.15) is 12.1 Å². The Hall–Kier alpha value is -2.89. The van der Waals surface area contributed by atoms with Gasteiger partial charge in [-0.1, -0.05) is 36.4 Å². The molecule has 1 aliphatic heterocycles.